The third-order valence-corrected chi connectivity index (χ3v) is 1.94. The lowest BCUT2D eigenvalue weighted by atomic mass is 10.3. The van der Waals surface area contributed by atoms with E-state index in [1.54, 1.807) is 0 Å². The number of hydrogen-bond acceptors (Lipinski definition) is 6. The molecular formula is C8H8F6N4O2. The highest BCUT2D eigenvalue weighted by atomic mass is 19.4. The van der Waals surface area contributed by atoms with Gasteiger partial charge in [-0.2, -0.15) is 31.3 Å². The van der Waals surface area contributed by atoms with Crippen LogP contribution in [0.25, 0.3) is 0 Å². The van der Waals surface area contributed by atoms with E-state index >= 15 is 0 Å². The standard InChI is InChI=1S/C8H8F6N4O2/c1-19-3-4(18-15)16-2-17-5(3)20-6(7(9,10)11)8(12,13)14/h2,6H,15H2,1H3,(H,16,17,18). The summed E-state index contributed by atoms with van der Waals surface area (Å²) in [7, 11) is 0.975. The number of alkyl halides is 6. The molecule has 0 aliphatic carbocycles. The minimum atomic E-state index is -5.68. The second-order valence-corrected chi connectivity index (χ2v) is 3.29. The summed E-state index contributed by atoms with van der Waals surface area (Å²) in [5, 5.41) is 0. The van der Waals surface area contributed by atoms with Gasteiger partial charge in [-0.25, -0.2) is 10.8 Å². The van der Waals surface area contributed by atoms with Crippen LogP contribution in [-0.2, 0) is 0 Å². The maximum absolute atomic E-state index is 12.4. The largest absolute Gasteiger partial charge is 0.489 e. The summed E-state index contributed by atoms with van der Waals surface area (Å²) < 4.78 is 82.6. The lowest BCUT2D eigenvalue weighted by Crippen LogP contribution is -2.46. The molecule has 0 saturated heterocycles. The number of nitrogens with zero attached hydrogens (tertiary/aromatic N) is 2. The molecule has 6 nitrogen and oxygen atoms in total. The van der Waals surface area contributed by atoms with Gasteiger partial charge in [0.2, 0.25) is 5.75 Å². The first kappa shape index (κ1) is 16.1. The lowest BCUT2D eigenvalue weighted by Gasteiger charge is -2.24. The van der Waals surface area contributed by atoms with Crippen molar-refractivity contribution in [1.82, 2.24) is 9.97 Å². The van der Waals surface area contributed by atoms with Crippen molar-refractivity contribution in [1.29, 1.82) is 0 Å². The topological polar surface area (TPSA) is 82.3 Å². The summed E-state index contributed by atoms with van der Waals surface area (Å²) in [6.45, 7) is 0. The van der Waals surface area contributed by atoms with Crippen molar-refractivity contribution in [2.75, 3.05) is 12.5 Å². The molecule has 0 radical (unpaired) electrons. The summed E-state index contributed by atoms with van der Waals surface area (Å²) in [4.78, 5) is 6.62. The fourth-order valence-electron chi connectivity index (χ4n) is 1.16. The Kier molecular flexibility index (Phi) is 4.47. The number of hydrogen-bond donors (Lipinski definition) is 2. The molecule has 12 heteroatoms. The average molecular weight is 306 g/mol. The molecule has 0 unspecified atom stereocenters. The molecule has 0 atom stereocenters. The maximum atomic E-state index is 12.4. The third-order valence-electron chi connectivity index (χ3n) is 1.94. The summed E-state index contributed by atoms with van der Waals surface area (Å²) in [6.07, 6.45) is -14.7. The predicted molar refractivity (Wildman–Crippen MR) is 52.9 cm³/mol. The van der Waals surface area contributed by atoms with Crippen LogP contribution in [0.15, 0.2) is 6.33 Å². The first-order valence-corrected chi connectivity index (χ1v) is 4.77. The monoisotopic (exact) mass is 306 g/mol. The van der Waals surface area contributed by atoms with E-state index in [0.29, 0.717) is 6.33 Å². The fraction of sp³-hybridized carbons (Fsp3) is 0.500. The van der Waals surface area contributed by atoms with Gasteiger partial charge in [0.1, 0.15) is 6.33 Å². The van der Waals surface area contributed by atoms with Gasteiger partial charge < -0.3 is 14.9 Å². The van der Waals surface area contributed by atoms with Gasteiger partial charge in [0.05, 0.1) is 7.11 Å². The summed E-state index contributed by atoms with van der Waals surface area (Å²) >= 11 is 0. The zero-order chi connectivity index (χ0) is 15.6. The molecule has 0 aromatic carbocycles. The minimum Gasteiger partial charge on any atom is -0.489 e. The van der Waals surface area contributed by atoms with Gasteiger partial charge in [-0.15, -0.1) is 0 Å². The van der Waals surface area contributed by atoms with Crippen LogP contribution in [0.4, 0.5) is 32.2 Å². The van der Waals surface area contributed by atoms with Crippen molar-refractivity contribution in [3.63, 3.8) is 0 Å². The molecule has 1 rings (SSSR count). The van der Waals surface area contributed by atoms with Gasteiger partial charge in [0.25, 0.3) is 12.0 Å². The van der Waals surface area contributed by atoms with E-state index in [9.17, 15) is 26.3 Å². The number of methoxy groups -OCH3 is 1. The minimum absolute atomic E-state index is 0.333. The highest BCUT2D eigenvalue weighted by molar-refractivity contribution is 5.54. The number of anilines is 1. The van der Waals surface area contributed by atoms with E-state index in [4.69, 9.17) is 5.84 Å². The van der Waals surface area contributed by atoms with Gasteiger partial charge in [-0.1, -0.05) is 0 Å². The number of hydrazine groups is 1. The van der Waals surface area contributed by atoms with Crippen LogP contribution in [0.5, 0.6) is 11.6 Å². The van der Waals surface area contributed by atoms with Crippen molar-refractivity contribution < 1.29 is 35.8 Å². The molecule has 1 heterocycles. The van der Waals surface area contributed by atoms with Gasteiger partial charge in [-0.3, -0.25) is 0 Å². The Hall–Kier alpha value is -1.98. The van der Waals surface area contributed by atoms with Crippen molar-refractivity contribution >= 4 is 5.82 Å². The maximum Gasteiger partial charge on any atom is 0.434 e. The first-order valence-electron chi connectivity index (χ1n) is 4.77. The molecule has 0 aliphatic heterocycles. The van der Waals surface area contributed by atoms with E-state index in [2.05, 4.69) is 19.4 Å². The summed E-state index contributed by atoms with van der Waals surface area (Å²) in [5.74, 6) is 3.01. The van der Waals surface area contributed by atoms with Crippen LogP contribution < -0.4 is 20.7 Å². The van der Waals surface area contributed by atoms with Crippen molar-refractivity contribution in [2.45, 2.75) is 18.5 Å². The van der Waals surface area contributed by atoms with Crippen LogP contribution in [0.2, 0.25) is 0 Å². The second-order valence-electron chi connectivity index (χ2n) is 3.29. The number of aromatic nitrogens is 2. The molecule has 1 aromatic heterocycles. The molecule has 1 aromatic rings. The molecule has 114 valence electrons. The molecular weight excluding hydrogens is 298 g/mol. The smallest absolute Gasteiger partial charge is 0.434 e. The predicted octanol–water partition coefficient (Wildman–Crippen LogP) is 1.64. The number of nitrogens with two attached hydrogens (primary N) is 1. The Morgan fingerprint density at radius 1 is 1.15 bits per heavy atom. The molecule has 0 bridgehead atoms. The van der Waals surface area contributed by atoms with Gasteiger partial charge in [0.15, 0.2) is 5.82 Å². The van der Waals surface area contributed by atoms with Crippen molar-refractivity contribution in [3.05, 3.63) is 6.33 Å². The molecule has 0 aliphatic rings. The number of rotatable bonds is 4. The summed E-state index contributed by atoms with van der Waals surface area (Å²) in [5.41, 5.74) is 1.92. The molecule has 0 spiro atoms. The average Bonchev–Trinajstić information content (AvgIpc) is 2.32. The molecule has 3 N–H and O–H groups in total. The Morgan fingerprint density at radius 2 is 1.70 bits per heavy atom. The van der Waals surface area contributed by atoms with Crippen LogP contribution in [0.3, 0.4) is 0 Å². The Labute approximate surface area is 107 Å². The van der Waals surface area contributed by atoms with Gasteiger partial charge >= 0.3 is 12.4 Å². The molecule has 20 heavy (non-hydrogen) atoms. The van der Waals surface area contributed by atoms with Crippen LogP contribution in [-0.4, -0.2) is 35.5 Å². The summed E-state index contributed by atoms with van der Waals surface area (Å²) in [6, 6.07) is 0. The third kappa shape index (κ3) is 3.53. The molecule has 0 saturated carbocycles. The van der Waals surface area contributed by atoms with Crippen LogP contribution in [0, 0.1) is 0 Å². The van der Waals surface area contributed by atoms with E-state index in [1.807, 2.05) is 5.43 Å². The SMILES string of the molecule is COc1c(NN)ncnc1OC(C(F)(F)F)C(F)(F)F. The zero-order valence-electron chi connectivity index (χ0n) is 9.71. The molecule has 0 amide bonds. The second kappa shape index (κ2) is 5.56. The highest BCUT2D eigenvalue weighted by Crippen LogP contribution is 2.39. The van der Waals surface area contributed by atoms with Crippen molar-refractivity contribution in [2.24, 2.45) is 5.84 Å². The number of nitrogens with one attached hydrogen (secondary N) is 1. The van der Waals surface area contributed by atoms with Crippen LogP contribution >= 0.6 is 0 Å². The Morgan fingerprint density at radius 3 is 2.10 bits per heavy atom. The lowest BCUT2D eigenvalue weighted by molar-refractivity contribution is -0.300. The van der Waals surface area contributed by atoms with E-state index in [-0.39, 0.29) is 5.82 Å². The Bertz CT molecular complexity index is 449. The van der Waals surface area contributed by atoms with Gasteiger partial charge in [0, 0.05) is 0 Å². The highest BCUT2D eigenvalue weighted by Gasteiger charge is 2.59. The number of ether oxygens (including phenoxy) is 2. The Balaban J connectivity index is 3.19. The number of nitrogen functional groups attached to an aromatic ring is 1. The fourth-order valence-corrected chi connectivity index (χ4v) is 1.16. The van der Waals surface area contributed by atoms with E-state index in [1.165, 1.54) is 0 Å². The quantitative estimate of drug-likeness (QED) is 0.500. The first-order chi connectivity index (χ1) is 9.11. The van der Waals surface area contributed by atoms with E-state index in [0.717, 1.165) is 7.11 Å². The van der Waals surface area contributed by atoms with Gasteiger partial charge in [-0.05, 0) is 0 Å². The van der Waals surface area contributed by atoms with E-state index < -0.39 is 30.1 Å². The zero-order valence-corrected chi connectivity index (χ0v) is 9.71. The van der Waals surface area contributed by atoms with Crippen LogP contribution in [0.1, 0.15) is 0 Å². The number of halogens is 6. The van der Waals surface area contributed by atoms with Crippen molar-refractivity contribution in [3.8, 4) is 11.6 Å². The molecule has 0 fully saturated rings. The normalized spacial score (nSPS) is 12.4.